The van der Waals surface area contributed by atoms with Crippen molar-refractivity contribution in [2.45, 2.75) is 33.2 Å². The molecule has 1 heterocycles. The number of aromatic nitrogens is 1. The highest BCUT2D eigenvalue weighted by atomic mass is 16.2. The maximum absolute atomic E-state index is 12.2. The van der Waals surface area contributed by atoms with Crippen molar-refractivity contribution < 1.29 is 4.79 Å². The molecule has 2 N–H and O–H groups in total. The van der Waals surface area contributed by atoms with Crippen molar-refractivity contribution in [1.82, 2.24) is 9.88 Å². The van der Waals surface area contributed by atoms with Gasteiger partial charge in [-0.1, -0.05) is 6.92 Å². The Balaban J connectivity index is 2.96. The highest BCUT2D eigenvalue weighted by Crippen LogP contribution is 2.14. The molecule has 1 amide bonds. The lowest BCUT2D eigenvalue weighted by Gasteiger charge is -2.27. The van der Waals surface area contributed by atoms with Crippen LogP contribution in [0.1, 0.15) is 37.6 Å². The summed E-state index contributed by atoms with van der Waals surface area (Å²) in [6.07, 6.45) is 2.52. The third-order valence-electron chi connectivity index (χ3n) is 2.79. The number of carbonyl (C=O) groups is 1. The second-order valence-electron chi connectivity index (χ2n) is 3.78. The number of hydrogen-bond donors (Lipinski definition) is 1. The average Bonchev–Trinajstić information content (AvgIpc) is 2.30. The molecule has 88 valence electrons. The van der Waals surface area contributed by atoms with Crippen LogP contribution in [0.15, 0.2) is 18.3 Å². The van der Waals surface area contributed by atoms with Crippen LogP contribution in [0.5, 0.6) is 0 Å². The summed E-state index contributed by atoms with van der Waals surface area (Å²) >= 11 is 0. The van der Waals surface area contributed by atoms with Gasteiger partial charge in [0, 0.05) is 18.8 Å². The normalized spacial score (nSPS) is 12.2. The number of nitrogens with zero attached hydrogens (tertiary/aromatic N) is 2. The fourth-order valence-electron chi connectivity index (χ4n) is 1.63. The molecule has 1 unspecified atom stereocenters. The minimum atomic E-state index is -0.0394. The molecule has 0 fully saturated rings. The topological polar surface area (TPSA) is 59.2 Å². The molecule has 4 nitrogen and oxygen atoms in total. The molecular weight excluding hydrogens is 202 g/mol. The lowest BCUT2D eigenvalue weighted by molar-refractivity contribution is 0.0700. The van der Waals surface area contributed by atoms with Crippen LogP contribution < -0.4 is 5.73 Å². The van der Waals surface area contributed by atoms with Crippen molar-refractivity contribution in [3.63, 3.8) is 0 Å². The summed E-state index contributed by atoms with van der Waals surface area (Å²) < 4.78 is 0. The van der Waals surface area contributed by atoms with Gasteiger partial charge in [0.25, 0.3) is 5.91 Å². The van der Waals surface area contributed by atoms with Gasteiger partial charge >= 0.3 is 0 Å². The summed E-state index contributed by atoms with van der Waals surface area (Å²) in [7, 11) is 0. The maximum atomic E-state index is 12.2. The number of pyridine rings is 1. The van der Waals surface area contributed by atoms with Gasteiger partial charge in [0.15, 0.2) is 0 Å². The molecule has 0 aromatic carbocycles. The second kappa shape index (κ2) is 5.49. The zero-order valence-electron chi connectivity index (χ0n) is 10.1. The van der Waals surface area contributed by atoms with E-state index in [9.17, 15) is 4.79 Å². The first kappa shape index (κ1) is 12.5. The Morgan fingerprint density at radius 1 is 1.56 bits per heavy atom. The Bertz CT molecular complexity index is 365. The number of rotatable bonds is 4. The zero-order chi connectivity index (χ0) is 12.1. The number of hydrogen-bond acceptors (Lipinski definition) is 3. The third kappa shape index (κ3) is 2.51. The lowest BCUT2D eigenvalue weighted by Crippen LogP contribution is -2.38. The molecule has 0 bridgehead atoms. The van der Waals surface area contributed by atoms with Crippen molar-refractivity contribution in [3.8, 4) is 0 Å². The van der Waals surface area contributed by atoms with Crippen LogP contribution in [0.2, 0.25) is 0 Å². The maximum Gasteiger partial charge on any atom is 0.257 e. The van der Waals surface area contributed by atoms with Gasteiger partial charge in [-0.05, 0) is 32.4 Å². The van der Waals surface area contributed by atoms with Crippen LogP contribution in [0.25, 0.3) is 0 Å². The van der Waals surface area contributed by atoms with Crippen LogP contribution in [0, 0.1) is 0 Å². The van der Waals surface area contributed by atoms with Gasteiger partial charge in [0.05, 0.1) is 5.56 Å². The summed E-state index contributed by atoms with van der Waals surface area (Å²) in [5, 5.41) is 0. The predicted molar refractivity (Wildman–Crippen MR) is 65.1 cm³/mol. The molecule has 0 saturated heterocycles. The SMILES string of the molecule is CCC(C)N(CC)C(=O)c1cccnc1N. The summed E-state index contributed by atoms with van der Waals surface area (Å²) in [6.45, 7) is 6.75. The van der Waals surface area contributed by atoms with Gasteiger partial charge in [-0.2, -0.15) is 0 Å². The van der Waals surface area contributed by atoms with Gasteiger partial charge in [0.2, 0.25) is 0 Å². The van der Waals surface area contributed by atoms with Crippen molar-refractivity contribution in [2.75, 3.05) is 12.3 Å². The minimum absolute atomic E-state index is 0.0394. The number of anilines is 1. The van der Waals surface area contributed by atoms with Gasteiger partial charge in [-0.3, -0.25) is 4.79 Å². The molecule has 1 aromatic rings. The highest BCUT2D eigenvalue weighted by molar-refractivity contribution is 5.98. The highest BCUT2D eigenvalue weighted by Gasteiger charge is 2.20. The van der Waals surface area contributed by atoms with Crippen LogP contribution in [0.4, 0.5) is 5.82 Å². The van der Waals surface area contributed by atoms with E-state index < -0.39 is 0 Å². The fraction of sp³-hybridized carbons (Fsp3) is 0.500. The standard InChI is InChI=1S/C12H19N3O/c1-4-9(3)15(5-2)12(16)10-7-6-8-14-11(10)13/h6-9H,4-5H2,1-3H3,(H2,13,14). The van der Waals surface area contributed by atoms with Crippen molar-refractivity contribution in [2.24, 2.45) is 0 Å². The van der Waals surface area contributed by atoms with E-state index in [2.05, 4.69) is 11.9 Å². The smallest absolute Gasteiger partial charge is 0.257 e. The van der Waals surface area contributed by atoms with E-state index in [1.54, 1.807) is 18.3 Å². The van der Waals surface area contributed by atoms with E-state index >= 15 is 0 Å². The van der Waals surface area contributed by atoms with Crippen LogP contribution in [-0.4, -0.2) is 28.4 Å². The lowest BCUT2D eigenvalue weighted by atomic mass is 10.1. The number of nitrogen functional groups attached to an aromatic ring is 1. The number of nitrogens with two attached hydrogens (primary N) is 1. The van der Waals surface area contributed by atoms with Crippen molar-refractivity contribution >= 4 is 11.7 Å². The van der Waals surface area contributed by atoms with Crippen LogP contribution in [0.3, 0.4) is 0 Å². The molecule has 0 radical (unpaired) electrons. The first-order valence-corrected chi connectivity index (χ1v) is 5.63. The minimum Gasteiger partial charge on any atom is -0.383 e. The van der Waals surface area contributed by atoms with Gasteiger partial charge in [0.1, 0.15) is 5.82 Å². The van der Waals surface area contributed by atoms with Gasteiger partial charge in [-0.15, -0.1) is 0 Å². The third-order valence-corrected chi connectivity index (χ3v) is 2.79. The fourth-order valence-corrected chi connectivity index (χ4v) is 1.63. The Morgan fingerprint density at radius 3 is 2.75 bits per heavy atom. The summed E-state index contributed by atoms with van der Waals surface area (Å²) in [4.78, 5) is 17.9. The first-order chi connectivity index (χ1) is 7.61. The second-order valence-corrected chi connectivity index (χ2v) is 3.78. The Hall–Kier alpha value is -1.58. The molecule has 0 spiro atoms. The molecule has 0 saturated carbocycles. The predicted octanol–water partition coefficient (Wildman–Crippen LogP) is 1.92. The van der Waals surface area contributed by atoms with Gasteiger partial charge < -0.3 is 10.6 Å². The van der Waals surface area contributed by atoms with E-state index in [-0.39, 0.29) is 11.9 Å². The Kier molecular flexibility index (Phi) is 4.28. The van der Waals surface area contributed by atoms with E-state index in [0.717, 1.165) is 6.42 Å². The summed E-state index contributed by atoms with van der Waals surface area (Å²) in [6, 6.07) is 3.67. The van der Waals surface area contributed by atoms with Crippen molar-refractivity contribution in [1.29, 1.82) is 0 Å². The Labute approximate surface area is 96.5 Å². The quantitative estimate of drug-likeness (QED) is 0.845. The number of carbonyl (C=O) groups excluding carboxylic acids is 1. The molecular formula is C12H19N3O. The largest absolute Gasteiger partial charge is 0.383 e. The molecule has 1 aromatic heterocycles. The summed E-state index contributed by atoms with van der Waals surface area (Å²) in [5.74, 6) is 0.261. The summed E-state index contributed by atoms with van der Waals surface area (Å²) in [5.41, 5.74) is 6.19. The van der Waals surface area contributed by atoms with E-state index in [0.29, 0.717) is 17.9 Å². The zero-order valence-corrected chi connectivity index (χ0v) is 10.1. The molecule has 0 aliphatic carbocycles. The van der Waals surface area contributed by atoms with E-state index in [1.165, 1.54) is 0 Å². The average molecular weight is 221 g/mol. The molecule has 4 heteroatoms. The van der Waals surface area contributed by atoms with E-state index in [1.807, 2.05) is 18.7 Å². The number of amides is 1. The monoisotopic (exact) mass is 221 g/mol. The van der Waals surface area contributed by atoms with E-state index in [4.69, 9.17) is 5.73 Å². The molecule has 16 heavy (non-hydrogen) atoms. The molecule has 0 aliphatic rings. The van der Waals surface area contributed by atoms with Crippen LogP contribution in [-0.2, 0) is 0 Å². The van der Waals surface area contributed by atoms with Crippen molar-refractivity contribution in [3.05, 3.63) is 23.9 Å². The molecule has 1 rings (SSSR count). The Morgan fingerprint density at radius 2 is 2.25 bits per heavy atom. The molecule has 0 aliphatic heterocycles. The van der Waals surface area contributed by atoms with Crippen LogP contribution >= 0.6 is 0 Å². The first-order valence-electron chi connectivity index (χ1n) is 5.63. The van der Waals surface area contributed by atoms with Gasteiger partial charge in [-0.25, -0.2) is 4.98 Å². The molecule has 1 atom stereocenters.